The Kier molecular flexibility index (Phi) is 3.84. The molecule has 0 fully saturated rings. The topological polar surface area (TPSA) is 48.5 Å². The molecule has 5 heteroatoms. The predicted molar refractivity (Wildman–Crippen MR) is 99.8 cm³/mol. The highest BCUT2D eigenvalue weighted by molar-refractivity contribution is 5.81. The molecule has 4 aromatic rings. The van der Waals surface area contributed by atoms with Gasteiger partial charge in [0, 0.05) is 11.4 Å². The van der Waals surface area contributed by atoms with E-state index in [1.807, 2.05) is 52.0 Å². The molecule has 0 saturated heterocycles. The van der Waals surface area contributed by atoms with Crippen molar-refractivity contribution in [3.63, 3.8) is 0 Å². The standard InChI is InChI=1S/C20H21N5/c1-4-17-16-10-11-18(22-20(16)24(23-17)14(2)3)19-12-13-21-25(19)15-8-6-5-7-9-15/h5-14H,4H2,1-3H3. The van der Waals surface area contributed by atoms with Crippen LogP contribution in [0.2, 0.25) is 0 Å². The summed E-state index contributed by atoms with van der Waals surface area (Å²) >= 11 is 0. The molecule has 0 saturated carbocycles. The second kappa shape index (κ2) is 6.16. The van der Waals surface area contributed by atoms with Crippen molar-refractivity contribution in [2.75, 3.05) is 0 Å². The number of pyridine rings is 1. The Morgan fingerprint density at radius 1 is 1.00 bits per heavy atom. The zero-order chi connectivity index (χ0) is 17.4. The molecule has 1 aromatic carbocycles. The van der Waals surface area contributed by atoms with Crippen LogP contribution in [0.25, 0.3) is 28.1 Å². The summed E-state index contributed by atoms with van der Waals surface area (Å²) in [6.45, 7) is 6.40. The fraction of sp³-hybridized carbons (Fsp3) is 0.250. The Morgan fingerprint density at radius 3 is 2.52 bits per heavy atom. The highest BCUT2D eigenvalue weighted by Gasteiger charge is 2.15. The molecule has 3 heterocycles. The number of para-hydroxylation sites is 1. The van der Waals surface area contributed by atoms with Crippen molar-refractivity contribution >= 4 is 11.0 Å². The van der Waals surface area contributed by atoms with E-state index in [4.69, 9.17) is 10.1 Å². The van der Waals surface area contributed by atoms with Crippen LogP contribution in [0.3, 0.4) is 0 Å². The monoisotopic (exact) mass is 331 g/mol. The molecular weight excluding hydrogens is 310 g/mol. The van der Waals surface area contributed by atoms with Crippen molar-refractivity contribution in [2.24, 2.45) is 0 Å². The van der Waals surface area contributed by atoms with Gasteiger partial charge in [-0.2, -0.15) is 10.2 Å². The largest absolute Gasteiger partial charge is 0.244 e. The Morgan fingerprint density at radius 2 is 1.80 bits per heavy atom. The Balaban J connectivity index is 1.89. The van der Waals surface area contributed by atoms with Crippen molar-refractivity contribution in [3.05, 3.63) is 60.4 Å². The lowest BCUT2D eigenvalue weighted by molar-refractivity contribution is 0.540. The minimum absolute atomic E-state index is 0.268. The SMILES string of the molecule is CCc1nn(C(C)C)c2nc(-c3ccnn3-c3ccccc3)ccc12. The summed E-state index contributed by atoms with van der Waals surface area (Å²) in [5.41, 5.74) is 4.93. The second-order valence-electron chi connectivity index (χ2n) is 6.37. The number of aromatic nitrogens is 5. The van der Waals surface area contributed by atoms with Gasteiger partial charge < -0.3 is 0 Å². The molecule has 126 valence electrons. The molecular formula is C20H21N5. The summed E-state index contributed by atoms with van der Waals surface area (Å²) in [6.07, 6.45) is 2.71. The molecule has 0 aliphatic heterocycles. The molecule has 25 heavy (non-hydrogen) atoms. The van der Waals surface area contributed by atoms with Gasteiger partial charge in [0.1, 0.15) is 0 Å². The number of hydrogen-bond donors (Lipinski definition) is 0. The minimum Gasteiger partial charge on any atom is -0.244 e. The number of aryl methyl sites for hydroxylation is 1. The third kappa shape index (κ3) is 2.61. The number of nitrogens with zero attached hydrogens (tertiary/aromatic N) is 5. The van der Waals surface area contributed by atoms with E-state index >= 15 is 0 Å². The van der Waals surface area contributed by atoms with Gasteiger partial charge in [-0.1, -0.05) is 25.1 Å². The van der Waals surface area contributed by atoms with E-state index in [0.29, 0.717) is 0 Å². The molecule has 0 aliphatic carbocycles. The summed E-state index contributed by atoms with van der Waals surface area (Å²) in [4.78, 5) is 4.93. The van der Waals surface area contributed by atoms with Crippen LogP contribution in [0.1, 0.15) is 32.5 Å². The average molecular weight is 331 g/mol. The molecule has 0 bridgehead atoms. The highest BCUT2D eigenvalue weighted by Crippen LogP contribution is 2.26. The number of fused-ring (bicyclic) bond motifs is 1. The maximum Gasteiger partial charge on any atom is 0.159 e. The van der Waals surface area contributed by atoms with Crippen LogP contribution in [0, 0.1) is 0 Å². The van der Waals surface area contributed by atoms with E-state index in [1.54, 1.807) is 0 Å². The molecule has 0 aliphatic rings. The van der Waals surface area contributed by atoms with Gasteiger partial charge in [0.25, 0.3) is 0 Å². The maximum atomic E-state index is 4.93. The van der Waals surface area contributed by atoms with Crippen molar-refractivity contribution in [3.8, 4) is 17.1 Å². The Bertz CT molecular complexity index is 1010. The number of hydrogen-bond acceptors (Lipinski definition) is 3. The quantitative estimate of drug-likeness (QED) is 0.556. The molecule has 3 aromatic heterocycles. The predicted octanol–water partition coefficient (Wildman–Crippen LogP) is 4.43. The van der Waals surface area contributed by atoms with Gasteiger partial charge in [-0.25, -0.2) is 14.3 Å². The molecule has 5 nitrogen and oxygen atoms in total. The first-order chi connectivity index (χ1) is 12.2. The molecule has 0 amide bonds. The summed E-state index contributed by atoms with van der Waals surface area (Å²) in [7, 11) is 0. The Labute approximate surface area is 146 Å². The lowest BCUT2D eigenvalue weighted by atomic mass is 10.2. The van der Waals surface area contributed by atoms with Gasteiger partial charge in [-0.05, 0) is 50.6 Å². The van der Waals surface area contributed by atoms with Gasteiger partial charge in [0.05, 0.1) is 29.0 Å². The normalized spacial score (nSPS) is 11.5. The van der Waals surface area contributed by atoms with Gasteiger partial charge in [0.2, 0.25) is 0 Å². The van der Waals surface area contributed by atoms with Crippen molar-refractivity contribution in [1.29, 1.82) is 0 Å². The first-order valence-corrected chi connectivity index (χ1v) is 8.67. The summed E-state index contributed by atoms with van der Waals surface area (Å²) in [5, 5.41) is 10.3. The van der Waals surface area contributed by atoms with Crippen molar-refractivity contribution < 1.29 is 0 Å². The zero-order valence-corrected chi connectivity index (χ0v) is 14.7. The average Bonchev–Trinajstić information content (AvgIpc) is 3.26. The molecule has 0 N–H and O–H groups in total. The van der Waals surface area contributed by atoms with Crippen molar-refractivity contribution in [2.45, 2.75) is 33.2 Å². The fourth-order valence-corrected chi connectivity index (χ4v) is 3.12. The molecule has 0 unspecified atom stereocenters. The minimum atomic E-state index is 0.268. The van der Waals surface area contributed by atoms with Gasteiger partial charge in [-0.3, -0.25) is 0 Å². The number of benzene rings is 1. The second-order valence-corrected chi connectivity index (χ2v) is 6.37. The van der Waals surface area contributed by atoms with E-state index in [9.17, 15) is 0 Å². The van der Waals surface area contributed by atoms with Gasteiger partial charge >= 0.3 is 0 Å². The van der Waals surface area contributed by atoms with Crippen LogP contribution in [0.4, 0.5) is 0 Å². The maximum absolute atomic E-state index is 4.93. The van der Waals surface area contributed by atoms with Crippen LogP contribution in [-0.4, -0.2) is 24.5 Å². The molecule has 0 radical (unpaired) electrons. The van der Waals surface area contributed by atoms with E-state index in [1.165, 1.54) is 0 Å². The zero-order valence-electron chi connectivity index (χ0n) is 14.7. The van der Waals surface area contributed by atoms with Crippen LogP contribution < -0.4 is 0 Å². The molecule has 0 atom stereocenters. The van der Waals surface area contributed by atoms with E-state index < -0.39 is 0 Å². The van der Waals surface area contributed by atoms with Gasteiger partial charge in [-0.15, -0.1) is 0 Å². The third-order valence-corrected chi connectivity index (χ3v) is 4.36. The first-order valence-electron chi connectivity index (χ1n) is 8.67. The van der Waals surface area contributed by atoms with Crippen molar-refractivity contribution in [1.82, 2.24) is 24.5 Å². The van der Waals surface area contributed by atoms with Crippen LogP contribution in [-0.2, 0) is 6.42 Å². The summed E-state index contributed by atoms with van der Waals surface area (Å²) in [5.74, 6) is 0. The summed E-state index contributed by atoms with van der Waals surface area (Å²) in [6, 6.07) is 16.6. The fourth-order valence-electron chi connectivity index (χ4n) is 3.12. The molecule has 4 rings (SSSR count). The summed E-state index contributed by atoms with van der Waals surface area (Å²) < 4.78 is 3.94. The molecule has 0 spiro atoms. The highest BCUT2D eigenvalue weighted by atomic mass is 15.3. The van der Waals surface area contributed by atoms with Crippen LogP contribution in [0.5, 0.6) is 0 Å². The van der Waals surface area contributed by atoms with Crippen LogP contribution in [0.15, 0.2) is 54.7 Å². The van der Waals surface area contributed by atoms with E-state index in [0.717, 1.165) is 40.2 Å². The van der Waals surface area contributed by atoms with Gasteiger partial charge in [0.15, 0.2) is 5.65 Å². The Hall–Kier alpha value is -2.95. The third-order valence-electron chi connectivity index (χ3n) is 4.36. The first kappa shape index (κ1) is 15.6. The lowest BCUT2D eigenvalue weighted by Gasteiger charge is -2.09. The number of rotatable bonds is 4. The van der Waals surface area contributed by atoms with E-state index in [-0.39, 0.29) is 6.04 Å². The van der Waals surface area contributed by atoms with E-state index in [2.05, 4.69) is 38.0 Å². The smallest absolute Gasteiger partial charge is 0.159 e. The lowest BCUT2D eigenvalue weighted by Crippen LogP contribution is -2.05. The van der Waals surface area contributed by atoms with Crippen LogP contribution >= 0.6 is 0 Å².